The van der Waals surface area contributed by atoms with Gasteiger partial charge in [0.25, 0.3) is 5.91 Å². The third kappa shape index (κ3) is 5.94. The molecule has 0 saturated carbocycles. The summed E-state index contributed by atoms with van der Waals surface area (Å²) in [5, 5.41) is 13.4. The third-order valence-electron chi connectivity index (χ3n) is 4.67. The van der Waals surface area contributed by atoms with E-state index in [2.05, 4.69) is 52.6 Å². The Kier molecular flexibility index (Phi) is 8.15. The molecular formula is C24H19Br2N5O2S. The maximum Gasteiger partial charge on any atom is 0.250 e. The summed E-state index contributed by atoms with van der Waals surface area (Å²) < 4.78 is 9.11. The molecule has 34 heavy (non-hydrogen) atoms. The van der Waals surface area contributed by atoms with Gasteiger partial charge in [-0.3, -0.25) is 9.36 Å². The lowest BCUT2D eigenvalue weighted by Gasteiger charge is -2.10. The second-order valence-corrected chi connectivity index (χ2v) is 9.73. The fourth-order valence-corrected chi connectivity index (χ4v) is 4.49. The number of hydrazone groups is 1. The van der Waals surface area contributed by atoms with Crippen molar-refractivity contribution in [3.8, 4) is 22.8 Å². The van der Waals surface area contributed by atoms with Crippen LogP contribution in [0.15, 0.2) is 92.0 Å². The number of rotatable bonds is 8. The Morgan fingerprint density at radius 2 is 1.79 bits per heavy atom. The van der Waals surface area contributed by atoms with E-state index in [1.807, 2.05) is 77.4 Å². The highest BCUT2D eigenvalue weighted by Crippen LogP contribution is 2.28. The van der Waals surface area contributed by atoms with Gasteiger partial charge < -0.3 is 4.74 Å². The average Bonchev–Trinajstić information content (AvgIpc) is 3.28. The van der Waals surface area contributed by atoms with Crippen molar-refractivity contribution in [2.45, 2.75) is 5.16 Å². The van der Waals surface area contributed by atoms with Crippen molar-refractivity contribution < 1.29 is 9.53 Å². The molecule has 1 amide bonds. The number of thioether (sulfide) groups is 1. The quantitative estimate of drug-likeness (QED) is 0.159. The first-order chi connectivity index (χ1) is 16.5. The van der Waals surface area contributed by atoms with E-state index in [1.165, 1.54) is 11.8 Å². The molecular weight excluding hydrogens is 582 g/mol. The first-order valence-corrected chi connectivity index (χ1v) is 12.7. The molecule has 0 radical (unpaired) electrons. The number of halogens is 2. The standard InChI is InChI=1S/C24H19Br2N5O2S/c1-33-21-12-9-19(26)13-17(21)14-27-28-22(32)15-34-24-30-29-23(16-5-3-2-4-6-16)31(24)20-10-7-18(25)8-11-20/h2-14H,15H2,1H3,(H,28,32)/b27-14-. The predicted octanol–water partition coefficient (Wildman–Crippen LogP) is 5.71. The monoisotopic (exact) mass is 599 g/mol. The molecule has 3 aromatic carbocycles. The van der Waals surface area contributed by atoms with E-state index in [0.717, 1.165) is 25.8 Å². The van der Waals surface area contributed by atoms with Gasteiger partial charge in [0.2, 0.25) is 0 Å². The molecule has 1 heterocycles. The number of nitrogens with zero attached hydrogens (tertiary/aromatic N) is 4. The van der Waals surface area contributed by atoms with Crippen molar-refractivity contribution in [3.05, 3.63) is 87.3 Å². The summed E-state index contributed by atoms with van der Waals surface area (Å²) in [5.74, 6) is 1.22. The number of ether oxygens (including phenoxy) is 1. The Morgan fingerprint density at radius 3 is 2.53 bits per heavy atom. The van der Waals surface area contributed by atoms with Crippen molar-refractivity contribution in [1.82, 2.24) is 20.2 Å². The molecule has 0 saturated heterocycles. The van der Waals surface area contributed by atoms with Crippen LogP contribution in [0.3, 0.4) is 0 Å². The fourth-order valence-electron chi connectivity index (χ4n) is 3.10. The summed E-state index contributed by atoms with van der Waals surface area (Å²) in [6.45, 7) is 0. The summed E-state index contributed by atoms with van der Waals surface area (Å²) in [6, 6.07) is 23.2. The molecule has 7 nitrogen and oxygen atoms in total. The van der Waals surface area contributed by atoms with Gasteiger partial charge in [-0.2, -0.15) is 5.10 Å². The highest BCUT2D eigenvalue weighted by molar-refractivity contribution is 9.10. The summed E-state index contributed by atoms with van der Waals surface area (Å²) >= 11 is 8.18. The molecule has 172 valence electrons. The van der Waals surface area contributed by atoms with E-state index in [-0.39, 0.29) is 11.7 Å². The highest BCUT2D eigenvalue weighted by Gasteiger charge is 2.17. The minimum absolute atomic E-state index is 0.121. The van der Waals surface area contributed by atoms with Crippen LogP contribution in [0, 0.1) is 0 Å². The van der Waals surface area contributed by atoms with E-state index < -0.39 is 0 Å². The van der Waals surface area contributed by atoms with Crippen LogP contribution in [-0.4, -0.2) is 39.7 Å². The van der Waals surface area contributed by atoms with Crippen molar-refractivity contribution in [1.29, 1.82) is 0 Å². The zero-order valence-electron chi connectivity index (χ0n) is 18.0. The van der Waals surface area contributed by atoms with Gasteiger partial charge in [-0.25, -0.2) is 5.43 Å². The summed E-state index contributed by atoms with van der Waals surface area (Å²) in [7, 11) is 1.58. The number of benzene rings is 3. The van der Waals surface area contributed by atoms with E-state index in [4.69, 9.17) is 4.74 Å². The Hall–Kier alpha value is -2.95. The smallest absolute Gasteiger partial charge is 0.250 e. The van der Waals surface area contributed by atoms with Crippen LogP contribution in [0.4, 0.5) is 0 Å². The molecule has 0 aliphatic rings. The largest absolute Gasteiger partial charge is 0.496 e. The normalized spacial score (nSPS) is 11.0. The van der Waals surface area contributed by atoms with E-state index >= 15 is 0 Å². The number of amides is 1. The lowest BCUT2D eigenvalue weighted by Crippen LogP contribution is -2.20. The molecule has 1 N–H and O–H groups in total. The van der Waals surface area contributed by atoms with Gasteiger partial charge in [-0.05, 0) is 42.5 Å². The van der Waals surface area contributed by atoms with E-state index in [9.17, 15) is 4.79 Å². The van der Waals surface area contributed by atoms with Gasteiger partial charge in [0.05, 0.1) is 19.1 Å². The van der Waals surface area contributed by atoms with Gasteiger partial charge in [-0.15, -0.1) is 10.2 Å². The fraction of sp³-hybridized carbons (Fsp3) is 0.0833. The van der Waals surface area contributed by atoms with Crippen molar-refractivity contribution in [2.24, 2.45) is 5.10 Å². The van der Waals surface area contributed by atoms with Crippen LogP contribution in [0.1, 0.15) is 5.56 Å². The molecule has 0 aliphatic heterocycles. The predicted molar refractivity (Wildman–Crippen MR) is 142 cm³/mol. The molecule has 0 bridgehead atoms. The van der Waals surface area contributed by atoms with Gasteiger partial charge >= 0.3 is 0 Å². The second-order valence-electron chi connectivity index (χ2n) is 6.95. The Morgan fingerprint density at radius 1 is 1.06 bits per heavy atom. The third-order valence-corrected chi connectivity index (χ3v) is 6.62. The van der Waals surface area contributed by atoms with Crippen LogP contribution in [0.5, 0.6) is 5.75 Å². The number of aromatic nitrogens is 3. The van der Waals surface area contributed by atoms with Crippen LogP contribution in [0.25, 0.3) is 17.1 Å². The summed E-state index contributed by atoms with van der Waals surface area (Å²) in [6.07, 6.45) is 1.55. The summed E-state index contributed by atoms with van der Waals surface area (Å²) in [4.78, 5) is 12.4. The lowest BCUT2D eigenvalue weighted by molar-refractivity contribution is -0.118. The molecule has 0 fully saturated rings. The Bertz CT molecular complexity index is 1310. The molecule has 0 atom stereocenters. The maximum absolute atomic E-state index is 12.4. The molecule has 10 heteroatoms. The molecule has 0 unspecified atom stereocenters. The number of carbonyl (C=O) groups excluding carboxylic acids is 1. The van der Waals surface area contributed by atoms with E-state index in [0.29, 0.717) is 16.7 Å². The highest BCUT2D eigenvalue weighted by atomic mass is 79.9. The molecule has 0 aliphatic carbocycles. The minimum atomic E-state index is -0.262. The zero-order valence-corrected chi connectivity index (χ0v) is 22.0. The lowest BCUT2D eigenvalue weighted by atomic mass is 10.2. The van der Waals surface area contributed by atoms with Crippen LogP contribution >= 0.6 is 43.6 Å². The van der Waals surface area contributed by atoms with Gasteiger partial charge in [0.1, 0.15) is 5.75 Å². The Labute approximate surface area is 217 Å². The summed E-state index contributed by atoms with van der Waals surface area (Å²) in [5.41, 5.74) is 5.13. The van der Waals surface area contributed by atoms with Gasteiger partial charge in [0.15, 0.2) is 11.0 Å². The van der Waals surface area contributed by atoms with Crippen LogP contribution in [-0.2, 0) is 4.79 Å². The zero-order chi connectivity index (χ0) is 23.9. The second kappa shape index (κ2) is 11.5. The maximum atomic E-state index is 12.4. The average molecular weight is 601 g/mol. The number of hydrogen-bond acceptors (Lipinski definition) is 6. The number of nitrogens with one attached hydrogen (secondary N) is 1. The van der Waals surface area contributed by atoms with Gasteiger partial charge in [0, 0.05) is 25.8 Å². The van der Waals surface area contributed by atoms with Crippen molar-refractivity contribution in [2.75, 3.05) is 12.9 Å². The number of hydrogen-bond donors (Lipinski definition) is 1. The Balaban J connectivity index is 1.50. The first kappa shape index (κ1) is 24.2. The molecule has 4 aromatic rings. The first-order valence-electron chi connectivity index (χ1n) is 10.1. The SMILES string of the molecule is COc1ccc(Br)cc1/C=N\NC(=O)CSc1nnc(-c2ccccc2)n1-c1ccc(Br)cc1. The molecule has 0 spiro atoms. The van der Waals surface area contributed by atoms with Crippen LogP contribution < -0.4 is 10.2 Å². The van der Waals surface area contributed by atoms with Crippen molar-refractivity contribution in [3.63, 3.8) is 0 Å². The van der Waals surface area contributed by atoms with E-state index in [1.54, 1.807) is 13.3 Å². The van der Waals surface area contributed by atoms with Crippen molar-refractivity contribution >= 4 is 55.7 Å². The topological polar surface area (TPSA) is 81.4 Å². The molecule has 1 aromatic heterocycles. The minimum Gasteiger partial charge on any atom is -0.496 e. The van der Waals surface area contributed by atoms with Crippen LogP contribution in [0.2, 0.25) is 0 Å². The number of carbonyl (C=O) groups is 1. The number of methoxy groups -OCH3 is 1. The molecule has 4 rings (SSSR count). The van der Waals surface area contributed by atoms with Gasteiger partial charge in [-0.1, -0.05) is 74.0 Å².